The van der Waals surface area contributed by atoms with Crippen LogP contribution in [0.1, 0.15) is 30.3 Å². The van der Waals surface area contributed by atoms with Gasteiger partial charge in [0.15, 0.2) is 0 Å². The topological polar surface area (TPSA) is 38.3 Å². The van der Waals surface area contributed by atoms with Gasteiger partial charge in [0, 0.05) is 11.0 Å². The lowest BCUT2D eigenvalue weighted by Gasteiger charge is -2.20. The number of thiophene rings is 1. The van der Waals surface area contributed by atoms with E-state index in [4.69, 9.17) is 4.74 Å². The summed E-state index contributed by atoms with van der Waals surface area (Å²) in [5.74, 6) is 1.07. The molecule has 2 rings (SSSR count). The molecule has 0 aliphatic heterocycles. The Morgan fingerprint density at radius 1 is 1.23 bits per heavy atom. The molecular formula is C18H21NO2S. The molecule has 0 aliphatic carbocycles. The van der Waals surface area contributed by atoms with Crippen molar-refractivity contribution in [2.75, 3.05) is 7.11 Å². The van der Waals surface area contributed by atoms with Crippen LogP contribution in [0.5, 0.6) is 5.75 Å². The average Bonchev–Trinajstić information content (AvgIpc) is 3.04. The van der Waals surface area contributed by atoms with Gasteiger partial charge < -0.3 is 10.1 Å². The van der Waals surface area contributed by atoms with E-state index in [9.17, 15) is 4.79 Å². The largest absolute Gasteiger partial charge is 0.497 e. The lowest BCUT2D eigenvalue weighted by Crippen LogP contribution is -2.29. The van der Waals surface area contributed by atoms with Crippen LogP contribution < -0.4 is 10.1 Å². The number of nitrogens with one attached hydrogen (secondary N) is 1. The van der Waals surface area contributed by atoms with Gasteiger partial charge in [0.2, 0.25) is 5.91 Å². The fourth-order valence-corrected chi connectivity index (χ4v) is 3.07. The maximum Gasteiger partial charge on any atom is 0.244 e. The summed E-state index contributed by atoms with van der Waals surface area (Å²) in [6.07, 6.45) is 3.38. The second-order valence-electron chi connectivity index (χ2n) is 5.35. The first-order valence-electron chi connectivity index (χ1n) is 7.26. The molecule has 0 saturated heterocycles. The van der Waals surface area contributed by atoms with Crippen molar-refractivity contribution in [1.29, 1.82) is 0 Å². The highest BCUT2D eigenvalue weighted by Crippen LogP contribution is 2.25. The number of amides is 1. The number of benzene rings is 1. The van der Waals surface area contributed by atoms with Crippen LogP contribution >= 0.6 is 11.3 Å². The van der Waals surface area contributed by atoms with Crippen LogP contribution in [-0.2, 0) is 4.79 Å². The van der Waals surface area contributed by atoms with Gasteiger partial charge in [-0.1, -0.05) is 32.0 Å². The van der Waals surface area contributed by atoms with Crippen molar-refractivity contribution in [2.24, 2.45) is 5.92 Å². The minimum atomic E-state index is -0.0806. The third-order valence-corrected chi connectivity index (χ3v) is 4.31. The molecule has 0 radical (unpaired) electrons. The van der Waals surface area contributed by atoms with Gasteiger partial charge in [0.1, 0.15) is 5.75 Å². The number of carbonyl (C=O) groups is 1. The summed E-state index contributed by atoms with van der Waals surface area (Å²) >= 11 is 1.67. The number of hydrogen-bond donors (Lipinski definition) is 1. The van der Waals surface area contributed by atoms with Crippen molar-refractivity contribution < 1.29 is 9.53 Å². The monoisotopic (exact) mass is 315 g/mol. The Hall–Kier alpha value is -2.07. The van der Waals surface area contributed by atoms with Crippen molar-refractivity contribution in [3.05, 3.63) is 58.3 Å². The molecule has 3 nitrogen and oxygen atoms in total. The zero-order valence-corrected chi connectivity index (χ0v) is 13.9. The van der Waals surface area contributed by atoms with Crippen molar-refractivity contribution in [3.8, 4) is 5.75 Å². The molecule has 0 bridgehead atoms. The second-order valence-corrected chi connectivity index (χ2v) is 6.33. The van der Waals surface area contributed by atoms with Crippen molar-refractivity contribution in [3.63, 3.8) is 0 Å². The molecule has 1 N–H and O–H groups in total. The summed E-state index contributed by atoms with van der Waals surface area (Å²) in [4.78, 5) is 13.3. The summed E-state index contributed by atoms with van der Waals surface area (Å²) in [5, 5.41) is 5.10. The number of ether oxygens (including phenoxy) is 1. The molecule has 22 heavy (non-hydrogen) atoms. The van der Waals surface area contributed by atoms with Crippen molar-refractivity contribution in [1.82, 2.24) is 5.32 Å². The minimum absolute atomic E-state index is 0.0491. The molecule has 0 saturated carbocycles. The third kappa shape index (κ3) is 4.46. The van der Waals surface area contributed by atoms with Crippen LogP contribution in [0, 0.1) is 5.92 Å². The Balaban J connectivity index is 2.00. The van der Waals surface area contributed by atoms with Crippen molar-refractivity contribution in [2.45, 2.75) is 19.9 Å². The Labute approximate surface area is 135 Å². The molecule has 2 aromatic rings. The summed E-state index contributed by atoms with van der Waals surface area (Å²) in [6.45, 7) is 4.22. The molecule has 1 aromatic carbocycles. The lowest BCUT2D eigenvalue weighted by atomic mass is 10.0. The Kier molecular flexibility index (Phi) is 5.78. The molecule has 4 heteroatoms. The lowest BCUT2D eigenvalue weighted by molar-refractivity contribution is -0.117. The van der Waals surface area contributed by atoms with Gasteiger partial charge in [-0.2, -0.15) is 0 Å². The van der Waals surface area contributed by atoms with Gasteiger partial charge in [-0.3, -0.25) is 4.79 Å². The van der Waals surface area contributed by atoms with Crippen LogP contribution in [0.15, 0.2) is 47.9 Å². The molecular weight excluding hydrogens is 294 g/mol. The van der Waals surface area contributed by atoms with Crippen LogP contribution in [-0.4, -0.2) is 13.0 Å². The molecule has 0 fully saturated rings. The van der Waals surface area contributed by atoms with Gasteiger partial charge >= 0.3 is 0 Å². The van der Waals surface area contributed by atoms with Crippen LogP contribution in [0.4, 0.5) is 0 Å². The second kappa shape index (κ2) is 7.80. The van der Waals surface area contributed by atoms with E-state index in [1.165, 1.54) is 4.88 Å². The van der Waals surface area contributed by atoms with E-state index in [0.29, 0.717) is 5.92 Å². The Bertz CT molecular complexity index is 615. The SMILES string of the molecule is COc1ccc(/C=C/C(=O)N[C@H](c2cccs2)C(C)C)cc1. The molecule has 0 spiro atoms. The molecule has 116 valence electrons. The summed E-state index contributed by atoms with van der Waals surface area (Å²) in [7, 11) is 1.63. The van der Waals surface area contributed by atoms with Gasteiger partial charge in [-0.05, 0) is 41.1 Å². The van der Waals surface area contributed by atoms with Crippen molar-refractivity contribution >= 4 is 23.3 Å². The Morgan fingerprint density at radius 2 is 1.95 bits per heavy atom. The van der Waals surface area contributed by atoms with E-state index < -0.39 is 0 Å². The van der Waals surface area contributed by atoms with Crippen LogP contribution in [0.3, 0.4) is 0 Å². The van der Waals surface area contributed by atoms with E-state index in [2.05, 4.69) is 25.2 Å². The van der Waals surface area contributed by atoms with E-state index >= 15 is 0 Å². The summed E-state index contributed by atoms with van der Waals surface area (Å²) < 4.78 is 5.11. The number of rotatable bonds is 6. The molecule has 1 amide bonds. The standard InChI is InChI=1S/C18H21NO2S/c1-13(2)18(16-5-4-12-22-16)19-17(20)11-8-14-6-9-15(21-3)10-7-14/h4-13,18H,1-3H3,(H,19,20)/b11-8+/t18-/m0/s1. The predicted molar refractivity (Wildman–Crippen MR) is 92.1 cm³/mol. The summed E-state index contributed by atoms with van der Waals surface area (Å²) in [5.41, 5.74) is 0.966. The number of methoxy groups -OCH3 is 1. The number of hydrogen-bond acceptors (Lipinski definition) is 3. The first-order valence-corrected chi connectivity index (χ1v) is 8.14. The van der Waals surface area contributed by atoms with Crippen LogP contribution in [0.25, 0.3) is 6.08 Å². The number of carbonyl (C=O) groups excluding carboxylic acids is 1. The molecule has 1 atom stereocenters. The normalized spacial score (nSPS) is 12.5. The van der Waals surface area contributed by atoms with Gasteiger partial charge in [0.25, 0.3) is 0 Å². The fraction of sp³-hybridized carbons (Fsp3) is 0.278. The highest BCUT2D eigenvalue weighted by Gasteiger charge is 2.17. The average molecular weight is 315 g/mol. The highest BCUT2D eigenvalue weighted by atomic mass is 32.1. The molecule has 0 unspecified atom stereocenters. The van der Waals surface area contributed by atoms with E-state index in [-0.39, 0.29) is 11.9 Å². The van der Waals surface area contributed by atoms with Gasteiger partial charge in [-0.25, -0.2) is 0 Å². The molecule has 1 heterocycles. The van der Waals surface area contributed by atoms with Gasteiger partial charge in [0.05, 0.1) is 13.2 Å². The molecule has 1 aromatic heterocycles. The van der Waals surface area contributed by atoms with Crippen LogP contribution in [0.2, 0.25) is 0 Å². The van der Waals surface area contributed by atoms with E-state index in [1.54, 1.807) is 30.6 Å². The zero-order chi connectivity index (χ0) is 15.9. The zero-order valence-electron chi connectivity index (χ0n) is 13.1. The third-order valence-electron chi connectivity index (χ3n) is 3.36. The summed E-state index contributed by atoms with van der Waals surface area (Å²) in [6, 6.07) is 11.7. The fourth-order valence-electron chi connectivity index (χ4n) is 2.12. The highest BCUT2D eigenvalue weighted by molar-refractivity contribution is 7.10. The van der Waals surface area contributed by atoms with E-state index in [0.717, 1.165) is 11.3 Å². The molecule has 0 aliphatic rings. The quantitative estimate of drug-likeness (QED) is 0.808. The predicted octanol–water partition coefficient (Wildman–Crippen LogP) is 4.28. The minimum Gasteiger partial charge on any atom is -0.497 e. The Morgan fingerprint density at radius 3 is 2.50 bits per heavy atom. The maximum atomic E-state index is 12.1. The first-order chi connectivity index (χ1) is 10.6. The van der Waals surface area contributed by atoms with Gasteiger partial charge in [-0.15, -0.1) is 11.3 Å². The first kappa shape index (κ1) is 16.3. The van der Waals surface area contributed by atoms with E-state index in [1.807, 2.05) is 35.7 Å². The maximum absolute atomic E-state index is 12.1. The smallest absolute Gasteiger partial charge is 0.244 e.